The van der Waals surface area contributed by atoms with Gasteiger partial charge in [-0.25, -0.2) is 14.4 Å². The number of fused-ring (bicyclic) bond motifs is 1. The molecule has 1 atom stereocenters. The summed E-state index contributed by atoms with van der Waals surface area (Å²) in [6, 6.07) is 8.71. The van der Waals surface area contributed by atoms with Gasteiger partial charge in [-0.2, -0.15) is 10.00 Å². The van der Waals surface area contributed by atoms with Gasteiger partial charge >= 0.3 is 18.2 Å². The largest absolute Gasteiger partial charge is 0.490 e. The molecule has 12 nitrogen and oxygen atoms in total. The highest BCUT2D eigenvalue weighted by Gasteiger charge is 2.35. The van der Waals surface area contributed by atoms with Crippen LogP contribution >= 0.6 is 0 Å². The summed E-state index contributed by atoms with van der Waals surface area (Å²) in [6.45, 7) is 16.0. The van der Waals surface area contributed by atoms with E-state index in [2.05, 4.69) is 15.5 Å². The second-order valence-electron chi connectivity index (χ2n) is 12.0. The number of ether oxygens (including phenoxy) is 4. The maximum absolute atomic E-state index is 13.2. The molecule has 0 aliphatic rings. The first-order valence-corrected chi connectivity index (χ1v) is 13.9. The molecule has 0 aliphatic carbocycles. The first kappa shape index (κ1) is 32.9. The highest BCUT2D eigenvalue weighted by molar-refractivity contribution is 6.13. The van der Waals surface area contributed by atoms with E-state index in [9.17, 15) is 19.5 Å². The number of aliphatic carboxylic acids is 1. The van der Waals surface area contributed by atoms with Crippen LogP contribution in [0.1, 0.15) is 73.9 Å². The molecular formula is C31H40N4O8. The van der Waals surface area contributed by atoms with Crippen LogP contribution in [0.25, 0.3) is 10.8 Å². The van der Waals surface area contributed by atoms with Gasteiger partial charge < -0.3 is 29.4 Å². The topological polar surface area (TPSA) is 149 Å². The number of carbonyl (C=O) groups is 3. The van der Waals surface area contributed by atoms with E-state index in [1.54, 1.807) is 77.9 Å². The minimum atomic E-state index is -1.14. The quantitative estimate of drug-likeness (QED) is 0.271. The predicted molar refractivity (Wildman–Crippen MR) is 162 cm³/mol. The lowest BCUT2D eigenvalue weighted by Crippen LogP contribution is -2.44. The number of aromatic nitrogens is 2. The monoisotopic (exact) mass is 596 g/mol. The number of anilines is 2. The van der Waals surface area contributed by atoms with Crippen molar-refractivity contribution in [3.63, 3.8) is 0 Å². The van der Waals surface area contributed by atoms with Crippen molar-refractivity contribution in [2.45, 2.75) is 85.7 Å². The van der Waals surface area contributed by atoms with Crippen molar-refractivity contribution >= 4 is 40.4 Å². The van der Waals surface area contributed by atoms with Gasteiger partial charge in [0.05, 0.1) is 18.9 Å². The normalized spacial score (nSPS) is 12.4. The Hall–Kier alpha value is -4.61. The van der Waals surface area contributed by atoms with Gasteiger partial charge in [0.2, 0.25) is 0 Å². The Morgan fingerprint density at radius 1 is 0.930 bits per heavy atom. The third-order valence-electron chi connectivity index (χ3n) is 5.53. The fraction of sp³-hybridized carbons (Fsp3) is 0.452. The summed E-state index contributed by atoms with van der Waals surface area (Å²) >= 11 is 0. The van der Waals surface area contributed by atoms with Crippen molar-refractivity contribution in [2.24, 2.45) is 0 Å². The van der Waals surface area contributed by atoms with Crippen LogP contribution in [0.15, 0.2) is 42.6 Å². The van der Waals surface area contributed by atoms with Crippen molar-refractivity contribution < 1.29 is 38.4 Å². The summed E-state index contributed by atoms with van der Waals surface area (Å²) in [4.78, 5) is 39.4. The van der Waals surface area contributed by atoms with E-state index < -0.39 is 35.4 Å². The Labute approximate surface area is 251 Å². The summed E-state index contributed by atoms with van der Waals surface area (Å²) < 4.78 is 22.4. The summed E-state index contributed by atoms with van der Waals surface area (Å²) in [6.07, 6.45) is -0.614. The smallest absolute Gasteiger partial charge is 0.425 e. The molecule has 2 N–H and O–H groups in total. The van der Waals surface area contributed by atoms with Crippen LogP contribution in [0, 0.1) is 0 Å². The van der Waals surface area contributed by atoms with Crippen LogP contribution in [-0.4, -0.2) is 57.4 Å². The van der Waals surface area contributed by atoms with Crippen LogP contribution in [0.4, 0.5) is 21.1 Å². The van der Waals surface area contributed by atoms with E-state index in [-0.39, 0.29) is 11.9 Å². The van der Waals surface area contributed by atoms with Crippen LogP contribution in [0.3, 0.4) is 0 Å². The molecule has 12 heteroatoms. The number of nitrogens with one attached hydrogen (secondary N) is 1. The molecule has 0 saturated heterocycles. The fourth-order valence-corrected chi connectivity index (χ4v) is 3.97. The number of carboxylic acids is 1. The molecular weight excluding hydrogens is 556 g/mol. The number of carbonyl (C=O) groups excluding carboxylic acids is 2. The van der Waals surface area contributed by atoms with Gasteiger partial charge in [-0.3, -0.25) is 0 Å². The van der Waals surface area contributed by atoms with Crippen LogP contribution in [-0.2, 0) is 14.3 Å². The maximum atomic E-state index is 13.2. The number of benzene rings is 2. The number of nitrogens with zero attached hydrogens (tertiary/aromatic N) is 3. The SMILES string of the molecule is CCOc1cc(C(Nc2ccc3c(N(C(=O)OC(C)(C)C)C(=O)OC(C)(C)C)nncc3c2)C(=O)O)ccc1OC(C)C. The van der Waals surface area contributed by atoms with Crippen LogP contribution < -0.4 is 19.7 Å². The van der Waals surface area contributed by atoms with E-state index in [1.165, 1.54) is 6.20 Å². The molecule has 3 aromatic rings. The van der Waals surface area contributed by atoms with Gasteiger partial charge in [0.1, 0.15) is 11.2 Å². The number of rotatable bonds is 9. The van der Waals surface area contributed by atoms with E-state index in [1.807, 2.05) is 20.8 Å². The highest BCUT2D eigenvalue weighted by atomic mass is 16.6. The summed E-state index contributed by atoms with van der Waals surface area (Å²) in [5.41, 5.74) is -0.916. The van der Waals surface area contributed by atoms with Gasteiger partial charge in [-0.15, -0.1) is 5.10 Å². The molecule has 0 bridgehead atoms. The van der Waals surface area contributed by atoms with Gasteiger partial charge in [0, 0.05) is 16.5 Å². The average molecular weight is 597 g/mol. The number of imide groups is 1. The molecule has 1 heterocycles. The Morgan fingerprint density at radius 2 is 1.56 bits per heavy atom. The lowest BCUT2D eigenvalue weighted by atomic mass is 10.0. The highest BCUT2D eigenvalue weighted by Crippen LogP contribution is 2.34. The third-order valence-corrected chi connectivity index (χ3v) is 5.53. The first-order chi connectivity index (χ1) is 20.0. The molecule has 3 rings (SSSR count). The molecule has 43 heavy (non-hydrogen) atoms. The van der Waals surface area contributed by atoms with Crippen LogP contribution in [0.5, 0.6) is 11.5 Å². The Morgan fingerprint density at radius 3 is 2.09 bits per heavy atom. The first-order valence-electron chi connectivity index (χ1n) is 13.9. The standard InChI is InChI=1S/C31H40N4O8/c1-10-40-24-16-19(11-14-23(24)41-18(2)3)25(27(36)37)33-21-12-13-22-20(15-21)17-32-34-26(22)35(28(38)42-30(4,5)6)29(39)43-31(7,8)9/h11-18,25,33H,10H2,1-9H3,(H,36,37). The zero-order valence-electron chi connectivity index (χ0n) is 26.0. The summed E-state index contributed by atoms with van der Waals surface area (Å²) in [5, 5.41) is 22.0. The van der Waals surface area contributed by atoms with Crippen molar-refractivity contribution in [2.75, 3.05) is 16.8 Å². The van der Waals surface area contributed by atoms with Crippen molar-refractivity contribution in [1.82, 2.24) is 10.2 Å². The molecule has 232 valence electrons. The zero-order chi connectivity index (χ0) is 32.1. The molecule has 2 aromatic carbocycles. The minimum absolute atomic E-state index is 0.0920. The molecule has 2 amide bonds. The lowest BCUT2D eigenvalue weighted by molar-refractivity contribution is -0.138. The van der Waals surface area contributed by atoms with Crippen LogP contribution in [0.2, 0.25) is 0 Å². The molecule has 0 fully saturated rings. The van der Waals surface area contributed by atoms with Gasteiger partial charge in [-0.1, -0.05) is 6.07 Å². The van der Waals surface area contributed by atoms with Crippen molar-refractivity contribution in [1.29, 1.82) is 0 Å². The lowest BCUT2D eigenvalue weighted by Gasteiger charge is -2.28. The second-order valence-corrected chi connectivity index (χ2v) is 12.0. The van der Waals surface area contributed by atoms with Crippen molar-refractivity contribution in [3.05, 3.63) is 48.2 Å². The molecule has 0 aliphatic heterocycles. The molecule has 0 radical (unpaired) electrons. The number of hydrogen-bond acceptors (Lipinski definition) is 10. The Balaban J connectivity index is 2.02. The Bertz CT molecular complexity index is 1450. The van der Waals surface area contributed by atoms with Gasteiger partial charge in [-0.05, 0) is 98.2 Å². The molecule has 0 saturated carbocycles. The predicted octanol–water partition coefficient (Wildman–Crippen LogP) is 6.73. The number of amides is 2. The minimum Gasteiger partial charge on any atom is -0.490 e. The van der Waals surface area contributed by atoms with E-state index in [4.69, 9.17) is 18.9 Å². The zero-order valence-corrected chi connectivity index (χ0v) is 26.0. The third kappa shape index (κ3) is 8.94. The number of carboxylic acid groups (broad SMARTS) is 1. The maximum Gasteiger partial charge on any atom is 0.425 e. The van der Waals surface area contributed by atoms with Gasteiger partial charge in [0.25, 0.3) is 0 Å². The Kier molecular flexibility index (Phi) is 10.1. The summed E-state index contributed by atoms with van der Waals surface area (Å²) in [5.74, 6) is -0.260. The number of hydrogen-bond donors (Lipinski definition) is 2. The van der Waals surface area contributed by atoms with E-state index in [0.29, 0.717) is 45.0 Å². The van der Waals surface area contributed by atoms with Crippen molar-refractivity contribution in [3.8, 4) is 11.5 Å². The second kappa shape index (κ2) is 13.1. The molecule has 0 spiro atoms. The summed E-state index contributed by atoms with van der Waals surface area (Å²) in [7, 11) is 0. The molecule has 1 aromatic heterocycles. The van der Waals surface area contributed by atoms with Gasteiger partial charge in [0.15, 0.2) is 23.4 Å². The molecule has 1 unspecified atom stereocenters. The van der Waals surface area contributed by atoms with E-state index in [0.717, 1.165) is 0 Å². The van der Waals surface area contributed by atoms with E-state index >= 15 is 0 Å². The fourth-order valence-electron chi connectivity index (χ4n) is 3.97. The average Bonchev–Trinajstić information content (AvgIpc) is 2.86.